The van der Waals surface area contributed by atoms with Gasteiger partial charge >= 0.3 is 0 Å². The number of hydrogen-bond acceptors (Lipinski definition) is 6. The molecule has 1 saturated heterocycles. The average molecular weight is 468 g/mol. The summed E-state index contributed by atoms with van der Waals surface area (Å²) >= 11 is 0.991. The molecule has 3 aromatic carbocycles. The molecule has 3 aromatic rings. The maximum Gasteiger partial charge on any atom is 0.293 e. The summed E-state index contributed by atoms with van der Waals surface area (Å²) in [6.07, 6.45) is 0.349. The Bertz CT molecular complexity index is 1180. The molecule has 2 amide bonds. The lowest BCUT2D eigenvalue weighted by atomic mass is 10.1. The van der Waals surface area contributed by atoms with E-state index in [0.717, 1.165) is 17.3 Å². The van der Waals surface area contributed by atoms with Gasteiger partial charge in [-0.25, -0.2) is 9.29 Å². The highest BCUT2D eigenvalue weighted by atomic mass is 32.2. The first kappa shape index (κ1) is 22.7. The van der Waals surface area contributed by atoms with Crippen LogP contribution in [0.15, 0.2) is 66.7 Å². The predicted molar refractivity (Wildman–Crippen MR) is 125 cm³/mol. The molecule has 0 radical (unpaired) electrons. The lowest BCUT2D eigenvalue weighted by Crippen LogP contribution is -2.32. The molecule has 0 bridgehead atoms. The van der Waals surface area contributed by atoms with Gasteiger partial charge in [-0.1, -0.05) is 42.1 Å². The van der Waals surface area contributed by atoms with Crippen molar-refractivity contribution in [2.75, 3.05) is 19.1 Å². The molecule has 4 rings (SSSR count). The highest BCUT2D eigenvalue weighted by Gasteiger charge is 2.41. The number of ether oxygens (including phenoxy) is 3. The third-order valence-electron chi connectivity index (χ3n) is 5.18. The number of imide groups is 1. The van der Waals surface area contributed by atoms with E-state index >= 15 is 0 Å². The monoisotopic (exact) mass is 467 g/mol. The SMILES string of the molecule is COc1cc(C[C@@H]2SC(=O)N(c3ccccc3OC)C2=O)ccc1OCc1cccc(F)c1. The second-order valence-corrected chi connectivity index (χ2v) is 8.48. The van der Waals surface area contributed by atoms with Crippen LogP contribution >= 0.6 is 11.8 Å². The summed E-state index contributed by atoms with van der Waals surface area (Å²) in [6, 6.07) is 18.5. The van der Waals surface area contributed by atoms with Gasteiger partial charge in [-0.3, -0.25) is 9.59 Å². The molecule has 0 aromatic heterocycles. The minimum atomic E-state index is -0.564. The van der Waals surface area contributed by atoms with Crippen molar-refractivity contribution in [3.8, 4) is 17.2 Å². The molecule has 170 valence electrons. The molecule has 6 nitrogen and oxygen atoms in total. The molecule has 33 heavy (non-hydrogen) atoms. The van der Waals surface area contributed by atoms with Crippen molar-refractivity contribution in [3.63, 3.8) is 0 Å². The standard InChI is InChI=1S/C25H22FNO5S/c1-30-20-9-4-3-8-19(20)27-24(28)23(33-25(27)29)14-16-10-11-21(22(13-16)31-2)32-15-17-6-5-7-18(26)12-17/h3-13,23H,14-15H2,1-2H3/t23-/m0/s1. The summed E-state index contributed by atoms with van der Waals surface area (Å²) in [5.74, 6) is 0.838. The number of hydrogen-bond donors (Lipinski definition) is 0. The number of carbonyl (C=O) groups excluding carboxylic acids is 2. The van der Waals surface area contributed by atoms with Gasteiger partial charge in [0.15, 0.2) is 11.5 Å². The van der Waals surface area contributed by atoms with Crippen LogP contribution in [0.4, 0.5) is 14.9 Å². The van der Waals surface area contributed by atoms with Crippen molar-refractivity contribution in [1.29, 1.82) is 0 Å². The number of amides is 2. The second-order valence-electron chi connectivity index (χ2n) is 7.33. The number of para-hydroxylation sites is 2. The van der Waals surface area contributed by atoms with Gasteiger partial charge < -0.3 is 14.2 Å². The molecule has 0 saturated carbocycles. The van der Waals surface area contributed by atoms with E-state index in [1.807, 2.05) is 6.07 Å². The highest BCUT2D eigenvalue weighted by Crippen LogP contribution is 2.38. The molecule has 0 spiro atoms. The van der Waals surface area contributed by atoms with E-state index in [2.05, 4.69) is 0 Å². The zero-order valence-electron chi connectivity index (χ0n) is 18.1. The quantitative estimate of drug-likeness (QED) is 0.452. The Kier molecular flexibility index (Phi) is 6.84. The highest BCUT2D eigenvalue weighted by molar-refractivity contribution is 8.15. The molecule has 1 aliphatic heterocycles. The summed E-state index contributed by atoms with van der Waals surface area (Å²) < 4.78 is 29.9. The third-order valence-corrected chi connectivity index (χ3v) is 6.22. The molecule has 1 fully saturated rings. The van der Waals surface area contributed by atoms with Crippen molar-refractivity contribution in [2.45, 2.75) is 18.3 Å². The topological polar surface area (TPSA) is 65.1 Å². The number of halogens is 1. The Labute approximate surface area is 195 Å². The lowest BCUT2D eigenvalue weighted by Gasteiger charge is -2.17. The number of nitrogens with zero attached hydrogens (tertiary/aromatic N) is 1. The molecule has 1 atom stereocenters. The Morgan fingerprint density at radius 1 is 0.879 bits per heavy atom. The number of thioether (sulfide) groups is 1. The molecule has 0 unspecified atom stereocenters. The Hall–Kier alpha value is -3.52. The molecule has 0 aliphatic carbocycles. The molecule has 8 heteroatoms. The Morgan fingerprint density at radius 2 is 1.67 bits per heavy atom. The van der Waals surface area contributed by atoms with Crippen molar-refractivity contribution >= 4 is 28.6 Å². The van der Waals surface area contributed by atoms with Crippen LogP contribution in [-0.4, -0.2) is 30.6 Å². The molecule has 1 aliphatic rings. The average Bonchev–Trinajstić information content (AvgIpc) is 3.10. The number of methoxy groups -OCH3 is 2. The molecular formula is C25H22FNO5S. The summed E-state index contributed by atoms with van der Waals surface area (Å²) in [4.78, 5) is 26.8. The van der Waals surface area contributed by atoms with E-state index in [0.29, 0.717) is 34.9 Å². The van der Waals surface area contributed by atoms with Crippen molar-refractivity contribution in [1.82, 2.24) is 0 Å². The van der Waals surface area contributed by atoms with Crippen LogP contribution in [0.25, 0.3) is 0 Å². The third kappa shape index (κ3) is 4.96. The van der Waals surface area contributed by atoms with Crippen LogP contribution in [0, 0.1) is 5.82 Å². The van der Waals surface area contributed by atoms with E-state index in [1.165, 1.54) is 31.3 Å². The lowest BCUT2D eigenvalue weighted by molar-refractivity contribution is -0.117. The maximum absolute atomic E-state index is 13.4. The Morgan fingerprint density at radius 3 is 2.42 bits per heavy atom. The molecular weight excluding hydrogens is 445 g/mol. The smallest absolute Gasteiger partial charge is 0.293 e. The summed E-state index contributed by atoms with van der Waals surface area (Å²) in [5.41, 5.74) is 1.96. The van der Waals surface area contributed by atoms with Gasteiger partial charge in [0.2, 0.25) is 5.91 Å². The van der Waals surface area contributed by atoms with Crippen LogP contribution in [0.5, 0.6) is 17.2 Å². The fraction of sp³-hybridized carbons (Fsp3) is 0.200. The summed E-state index contributed by atoms with van der Waals surface area (Å²) in [7, 11) is 3.02. The fourth-order valence-electron chi connectivity index (χ4n) is 3.58. The minimum absolute atomic E-state index is 0.187. The van der Waals surface area contributed by atoms with Crippen LogP contribution in [0.1, 0.15) is 11.1 Å². The Balaban J connectivity index is 1.47. The summed E-state index contributed by atoms with van der Waals surface area (Å²) in [6.45, 7) is 0.187. The van der Waals surface area contributed by atoms with Crippen LogP contribution in [0.3, 0.4) is 0 Å². The summed E-state index contributed by atoms with van der Waals surface area (Å²) in [5, 5.41) is -0.900. The first-order chi connectivity index (χ1) is 16.0. The molecule has 1 heterocycles. The van der Waals surface area contributed by atoms with Crippen molar-refractivity contribution < 1.29 is 28.2 Å². The first-order valence-electron chi connectivity index (χ1n) is 10.2. The predicted octanol–water partition coefficient (Wildman–Crippen LogP) is 5.23. The first-order valence-corrected chi connectivity index (χ1v) is 11.1. The normalized spacial score (nSPS) is 15.6. The van der Waals surface area contributed by atoms with Gasteiger partial charge in [-0.15, -0.1) is 0 Å². The van der Waals surface area contributed by atoms with E-state index in [9.17, 15) is 14.0 Å². The van der Waals surface area contributed by atoms with Gasteiger partial charge in [-0.2, -0.15) is 0 Å². The number of benzene rings is 3. The zero-order chi connectivity index (χ0) is 23.4. The van der Waals surface area contributed by atoms with Crippen LogP contribution in [0.2, 0.25) is 0 Å². The maximum atomic E-state index is 13.4. The second kappa shape index (κ2) is 9.95. The van der Waals surface area contributed by atoms with Crippen LogP contribution < -0.4 is 19.1 Å². The minimum Gasteiger partial charge on any atom is -0.495 e. The van der Waals surface area contributed by atoms with E-state index in [1.54, 1.807) is 48.5 Å². The zero-order valence-corrected chi connectivity index (χ0v) is 18.9. The number of anilines is 1. The largest absolute Gasteiger partial charge is 0.495 e. The van der Waals surface area contributed by atoms with Gasteiger partial charge in [0.05, 0.1) is 25.2 Å². The number of carbonyl (C=O) groups is 2. The molecule has 0 N–H and O–H groups in total. The van der Waals surface area contributed by atoms with Crippen molar-refractivity contribution in [2.24, 2.45) is 0 Å². The fourth-order valence-corrected chi connectivity index (χ4v) is 4.60. The van der Waals surface area contributed by atoms with Crippen molar-refractivity contribution in [3.05, 3.63) is 83.7 Å². The van der Waals surface area contributed by atoms with E-state index in [-0.39, 0.29) is 23.6 Å². The van der Waals surface area contributed by atoms with Gasteiger partial charge in [0, 0.05) is 0 Å². The van der Waals surface area contributed by atoms with Crippen LogP contribution in [-0.2, 0) is 17.8 Å². The van der Waals surface area contributed by atoms with E-state index < -0.39 is 5.25 Å². The van der Waals surface area contributed by atoms with Gasteiger partial charge in [0.25, 0.3) is 5.24 Å². The number of rotatable bonds is 8. The van der Waals surface area contributed by atoms with E-state index in [4.69, 9.17) is 14.2 Å². The van der Waals surface area contributed by atoms with Gasteiger partial charge in [-0.05, 0) is 53.9 Å². The van der Waals surface area contributed by atoms with Gasteiger partial charge in [0.1, 0.15) is 18.2 Å².